The number of hydrogen-bond acceptors (Lipinski definition) is 3. The third-order valence-electron chi connectivity index (χ3n) is 4.23. The number of anilines is 1. The summed E-state index contributed by atoms with van der Waals surface area (Å²) in [6.45, 7) is 1.78. The number of methoxy groups -OCH3 is 1. The molecule has 120 valence electrons. The number of carbonyl (C=O) groups is 1. The summed E-state index contributed by atoms with van der Waals surface area (Å²) in [5, 5.41) is 3.01. The van der Waals surface area contributed by atoms with Gasteiger partial charge in [0, 0.05) is 18.3 Å². The molecule has 0 saturated carbocycles. The highest BCUT2D eigenvalue weighted by Crippen LogP contribution is 2.23. The first-order valence-corrected chi connectivity index (χ1v) is 7.99. The molecule has 1 amide bonds. The molecule has 0 bridgehead atoms. The number of likely N-dealkylation sites (tertiary alicyclic amines) is 1. The van der Waals surface area contributed by atoms with Crippen molar-refractivity contribution in [3.63, 3.8) is 0 Å². The van der Waals surface area contributed by atoms with Crippen molar-refractivity contribution < 1.29 is 9.53 Å². The summed E-state index contributed by atoms with van der Waals surface area (Å²) < 4.78 is 5.20. The van der Waals surface area contributed by atoms with Gasteiger partial charge in [0.2, 0.25) is 5.91 Å². The van der Waals surface area contributed by atoms with Crippen LogP contribution in [0.1, 0.15) is 18.4 Å². The van der Waals surface area contributed by atoms with Crippen molar-refractivity contribution in [1.82, 2.24) is 4.90 Å². The van der Waals surface area contributed by atoms with E-state index in [9.17, 15) is 4.79 Å². The SMILES string of the molecule is COc1cccc(NC(=O)C2CCCN2Cc2ccccc2)c1. The van der Waals surface area contributed by atoms with Crippen molar-refractivity contribution in [1.29, 1.82) is 0 Å². The Morgan fingerprint density at radius 3 is 2.83 bits per heavy atom. The summed E-state index contributed by atoms with van der Waals surface area (Å²) in [5.74, 6) is 0.807. The van der Waals surface area contributed by atoms with Crippen LogP contribution in [0.25, 0.3) is 0 Å². The molecule has 3 rings (SSSR count). The second-order valence-corrected chi connectivity index (χ2v) is 5.84. The van der Waals surface area contributed by atoms with E-state index in [1.165, 1.54) is 5.56 Å². The van der Waals surface area contributed by atoms with E-state index in [1.54, 1.807) is 7.11 Å². The topological polar surface area (TPSA) is 41.6 Å². The number of nitrogens with one attached hydrogen (secondary N) is 1. The molecule has 2 aromatic carbocycles. The third kappa shape index (κ3) is 3.90. The monoisotopic (exact) mass is 310 g/mol. The van der Waals surface area contributed by atoms with E-state index in [2.05, 4.69) is 22.3 Å². The van der Waals surface area contributed by atoms with Gasteiger partial charge < -0.3 is 10.1 Å². The Kier molecular flexibility index (Phi) is 4.93. The molecular formula is C19H22N2O2. The molecule has 0 aliphatic carbocycles. The lowest BCUT2D eigenvalue weighted by Crippen LogP contribution is -2.39. The number of hydrogen-bond donors (Lipinski definition) is 1. The molecule has 1 aliphatic heterocycles. The molecule has 1 atom stereocenters. The zero-order valence-corrected chi connectivity index (χ0v) is 13.4. The Labute approximate surface area is 137 Å². The molecule has 1 unspecified atom stereocenters. The summed E-state index contributed by atoms with van der Waals surface area (Å²) in [7, 11) is 1.62. The first-order chi connectivity index (χ1) is 11.3. The maximum Gasteiger partial charge on any atom is 0.241 e. The summed E-state index contributed by atoms with van der Waals surface area (Å²) in [6.07, 6.45) is 1.96. The van der Waals surface area contributed by atoms with Crippen LogP contribution in [0, 0.1) is 0 Å². The summed E-state index contributed by atoms with van der Waals surface area (Å²) in [4.78, 5) is 14.9. The molecule has 0 aromatic heterocycles. The second-order valence-electron chi connectivity index (χ2n) is 5.84. The predicted octanol–water partition coefficient (Wildman–Crippen LogP) is 3.30. The minimum absolute atomic E-state index is 0.0617. The van der Waals surface area contributed by atoms with Gasteiger partial charge in [-0.1, -0.05) is 36.4 Å². The van der Waals surface area contributed by atoms with Crippen LogP contribution in [0.15, 0.2) is 54.6 Å². The van der Waals surface area contributed by atoms with E-state index in [0.717, 1.165) is 37.4 Å². The zero-order chi connectivity index (χ0) is 16.1. The smallest absolute Gasteiger partial charge is 0.241 e. The van der Waals surface area contributed by atoms with Gasteiger partial charge in [-0.25, -0.2) is 0 Å². The Balaban J connectivity index is 1.65. The second kappa shape index (κ2) is 7.29. The van der Waals surface area contributed by atoms with Crippen LogP contribution < -0.4 is 10.1 Å². The molecule has 4 heteroatoms. The average Bonchev–Trinajstić information content (AvgIpc) is 3.04. The Bertz CT molecular complexity index is 657. The lowest BCUT2D eigenvalue weighted by atomic mass is 10.1. The van der Waals surface area contributed by atoms with Gasteiger partial charge in [-0.05, 0) is 37.1 Å². The van der Waals surface area contributed by atoms with Gasteiger partial charge in [-0.15, -0.1) is 0 Å². The van der Waals surface area contributed by atoms with Crippen molar-refractivity contribution in [2.24, 2.45) is 0 Å². The maximum atomic E-state index is 12.6. The van der Waals surface area contributed by atoms with Crippen molar-refractivity contribution in [2.75, 3.05) is 19.0 Å². The van der Waals surface area contributed by atoms with Crippen LogP contribution >= 0.6 is 0 Å². The summed E-state index contributed by atoms with van der Waals surface area (Å²) in [6, 6.07) is 17.7. The van der Waals surface area contributed by atoms with Crippen molar-refractivity contribution >= 4 is 11.6 Å². The Morgan fingerprint density at radius 2 is 2.04 bits per heavy atom. The molecule has 1 aliphatic rings. The maximum absolute atomic E-state index is 12.6. The molecular weight excluding hydrogens is 288 g/mol. The number of carbonyl (C=O) groups excluding carboxylic acids is 1. The molecule has 4 nitrogen and oxygen atoms in total. The van der Waals surface area contributed by atoms with Crippen molar-refractivity contribution in [3.8, 4) is 5.75 Å². The quantitative estimate of drug-likeness (QED) is 0.921. The molecule has 23 heavy (non-hydrogen) atoms. The van der Waals surface area contributed by atoms with Crippen molar-refractivity contribution in [2.45, 2.75) is 25.4 Å². The summed E-state index contributed by atoms with van der Waals surface area (Å²) in [5.41, 5.74) is 2.02. The van der Waals surface area contributed by atoms with Crippen LogP contribution in [-0.2, 0) is 11.3 Å². The van der Waals surface area contributed by atoms with Gasteiger partial charge in [-0.2, -0.15) is 0 Å². The highest BCUT2D eigenvalue weighted by Gasteiger charge is 2.30. The Morgan fingerprint density at radius 1 is 1.22 bits per heavy atom. The fraction of sp³-hybridized carbons (Fsp3) is 0.316. The molecule has 1 N–H and O–H groups in total. The van der Waals surface area contributed by atoms with Crippen LogP contribution in [0.5, 0.6) is 5.75 Å². The summed E-state index contributed by atoms with van der Waals surface area (Å²) >= 11 is 0. The first kappa shape index (κ1) is 15.6. The van der Waals surface area contributed by atoms with Crippen LogP contribution in [0.4, 0.5) is 5.69 Å². The van der Waals surface area contributed by atoms with Gasteiger partial charge in [0.15, 0.2) is 0 Å². The van der Waals surface area contributed by atoms with Crippen LogP contribution in [0.3, 0.4) is 0 Å². The number of rotatable bonds is 5. The van der Waals surface area contributed by atoms with E-state index in [4.69, 9.17) is 4.74 Å². The zero-order valence-electron chi connectivity index (χ0n) is 13.4. The van der Waals surface area contributed by atoms with Gasteiger partial charge >= 0.3 is 0 Å². The minimum Gasteiger partial charge on any atom is -0.497 e. The lowest BCUT2D eigenvalue weighted by molar-refractivity contribution is -0.120. The standard InChI is InChI=1S/C19H22N2O2/c1-23-17-10-5-9-16(13-17)20-19(22)18-11-6-12-21(18)14-15-7-3-2-4-8-15/h2-5,7-10,13,18H,6,11-12,14H2,1H3,(H,20,22). The normalized spacial score (nSPS) is 17.9. The predicted molar refractivity (Wildman–Crippen MR) is 91.5 cm³/mol. The molecule has 0 radical (unpaired) electrons. The van der Waals surface area contributed by atoms with Gasteiger partial charge in [0.1, 0.15) is 5.75 Å². The Hall–Kier alpha value is -2.33. The largest absolute Gasteiger partial charge is 0.497 e. The average molecular weight is 310 g/mol. The van der Waals surface area contributed by atoms with Gasteiger partial charge in [0.25, 0.3) is 0 Å². The molecule has 1 fully saturated rings. The van der Waals surface area contributed by atoms with E-state index in [-0.39, 0.29) is 11.9 Å². The third-order valence-corrected chi connectivity index (χ3v) is 4.23. The fourth-order valence-electron chi connectivity index (χ4n) is 3.06. The van der Waals surface area contributed by atoms with E-state index in [0.29, 0.717) is 0 Å². The highest BCUT2D eigenvalue weighted by atomic mass is 16.5. The number of nitrogens with zero attached hydrogens (tertiary/aromatic N) is 1. The molecule has 1 saturated heterocycles. The lowest BCUT2D eigenvalue weighted by Gasteiger charge is -2.23. The molecule has 2 aromatic rings. The molecule has 0 spiro atoms. The van der Waals surface area contributed by atoms with Gasteiger partial charge in [0.05, 0.1) is 13.2 Å². The van der Waals surface area contributed by atoms with Crippen LogP contribution in [-0.4, -0.2) is 30.5 Å². The van der Waals surface area contributed by atoms with E-state index < -0.39 is 0 Å². The minimum atomic E-state index is -0.0681. The number of amides is 1. The first-order valence-electron chi connectivity index (χ1n) is 7.99. The number of benzene rings is 2. The highest BCUT2D eigenvalue weighted by molar-refractivity contribution is 5.95. The van der Waals surface area contributed by atoms with E-state index in [1.807, 2.05) is 42.5 Å². The van der Waals surface area contributed by atoms with Gasteiger partial charge in [-0.3, -0.25) is 9.69 Å². The van der Waals surface area contributed by atoms with Crippen LogP contribution in [0.2, 0.25) is 0 Å². The fourth-order valence-corrected chi connectivity index (χ4v) is 3.06. The van der Waals surface area contributed by atoms with E-state index >= 15 is 0 Å². The number of ether oxygens (including phenoxy) is 1. The molecule has 1 heterocycles. The van der Waals surface area contributed by atoms with Crippen molar-refractivity contribution in [3.05, 3.63) is 60.2 Å².